The number of carbonyl (C=O) groups excluding carboxylic acids is 1. The van der Waals surface area contributed by atoms with Gasteiger partial charge in [0.05, 0.1) is 11.1 Å². The molecule has 0 unspecified atom stereocenters. The van der Waals surface area contributed by atoms with Gasteiger partial charge in [-0.2, -0.15) is 5.10 Å². The highest BCUT2D eigenvalue weighted by Crippen LogP contribution is 2.35. The minimum absolute atomic E-state index is 0.0961. The van der Waals surface area contributed by atoms with Crippen LogP contribution in [0.1, 0.15) is 10.4 Å². The van der Waals surface area contributed by atoms with Crippen LogP contribution in [0, 0.1) is 5.82 Å². The second-order valence-electron chi connectivity index (χ2n) is 6.41. The van der Waals surface area contributed by atoms with Gasteiger partial charge in [-0.05, 0) is 54.1 Å². The van der Waals surface area contributed by atoms with Crippen LogP contribution in [0.25, 0.3) is 27.9 Å². The molecule has 0 aliphatic carbocycles. The maximum atomic E-state index is 13.4. The van der Waals surface area contributed by atoms with Gasteiger partial charge >= 0.3 is 0 Å². The van der Waals surface area contributed by atoms with E-state index in [1.54, 1.807) is 55.4 Å². The fourth-order valence-corrected chi connectivity index (χ4v) is 3.05. The molecule has 0 atom stereocenters. The smallest absolute Gasteiger partial charge is 0.254 e. The number of carbonyl (C=O) groups is 1. The topological polar surface area (TPSA) is 50.5 Å². The summed E-state index contributed by atoms with van der Waals surface area (Å²) in [6.45, 7) is 0. The molecule has 4 rings (SSSR count). The zero-order chi connectivity index (χ0) is 19.0. The predicted octanol–water partition coefficient (Wildman–Crippen LogP) is 3.90. The van der Waals surface area contributed by atoms with Crippen LogP contribution in [0.5, 0.6) is 0 Å². The Morgan fingerprint density at radius 3 is 2.33 bits per heavy atom. The van der Waals surface area contributed by atoms with E-state index in [9.17, 15) is 9.18 Å². The van der Waals surface area contributed by atoms with E-state index < -0.39 is 0 Å². The van der Waals surface area contributed by atoms with E-state index in [0.717, 1.165) is 27.9 Å². The number of nitrogens with zero attached hydrogens (tertiary/aromatic N) is 4. The van der Waals surface area contributed by atoms with Gasteiger partial charge < -0.3 is 4.90 Å². The zero-order valence-electron chi connectivity index (χ0n) is 14.9. The van der Waals surface area contributed by atoms with Gasteiger partial charge in [0, 0.05) is 43.8 Å². The number of benzene rings is 1. The molecule has 3 heterocycles. The Balaban J connectivity index is 1.97. The predicted molar refractivity (Wildman–Crippen MR) is 102 cm³/mol. The standard InChI is InChI=1S/C21H17FN4O/c1-25(2)21(27)16-5-8-18-19(14-9-11-23-12-10-14)20(24-26(18)13-16)15-3-6-17(22)7-4-15/h3-13H,1-2H3. The maximum Gasteiger partial charge on any atom is 0.254 e. The third kappa shape index (κ3) is 3.06. The van der Waals surface area contributed by atoms with E-state index in [1.165, 1.54) is 17.0 Å². The van der Waals surface area contributed by atoms with Gasteiger partial charge in [0.1, 0.15) is 11.5 Å². The lowest BCUT2D eigenvalue weighted by molar-refractivity contribution is 0.0827. The average molecular weight is 360 g/mol. The van der Waals surface area contributed by atoms with E-state index in [1.807, 2.05) is 18.2 Å². The molecule has 0 N–H and O–H groups in total. The summed E-state index contributed by atoms with van der Waals surface area (Å²) in [4.78, 5) is 17.9. The largest absolute Gasteiger partial charge is 0.345 e. The van der Waals surface area contributed by atoms with E-state index in [4.69, 9.17) is 5.10 Å². The van der Waals surface area contributed by atoms with Crippen LogP contribution in [0.15, 0.2) is 67.1 Å². The molecule has 1 amide bonds. The third-order valence-corrected chi connectivity index (χ3v) is 4.37. The van der Waals surface area contributed by atoms with Crippen molar-refractivity contribution in [2.24, 2.45) is 0 Å². The van der Waals surface area contributed by atoms with Crippen LogP contribution in [0.2, 0.25) is 0 Å². The lowest BCUT2D eigenvalue weighted by Gasteiger charge is -2.10. The molecular weight excluding hydrogens is 343 g/mol. The molecule has 134 valence electrons. The van der Waals surface area contributed by atoms with Crippen molar-refractivity contribution in [2.75, 3.05) is 14.1 Å². The number of hydrogen-bond acceptors (Lipinski definition) is 3. The van der Waals surface area contributed by atoms with Crippen molar-refractivity contribution < 1.29 is 9.18 Å². The summed E-state index contributed by atoms with van der Waals surface area (Å²) in [7, 11) is 3.42. The van der Waals surface area contributed by atoms with Crippen molar-refractivity contribution in [3.63, 3.8) is 0 Å². The van der Waals surface area contributed by atoms with Crippen LogP contribution in [0.3, 0.4) is 0 Å². The number of rotatable bonds is 3. The maximum absolute atomic E-state index is 13.4. The van der Waals surface area contributed by atoms with Gasteiger partial charge in [-0.15, -0.1) is 0 Å². The van der Waals surface area contributed by atoms with Gasteiger partial charge in [-0.25, -0.2) is 8.91 Å². The summed E-state index contributed by atoms with van der Waals surface area (Å²) in [6, 6.07) is 13.7. The molecule has 3 aromatic heterocycles. The Hall–Kier alpha value is -3.54. The molecule has 6 heteroatoms. The minimum atomic E-state index is -0.299. The molecular formula is C21H17FN4O. The molecule has 0 aliphatic heterocycles. The first kappa shape index (κ1) is 16.9. The summed E-state index contributed by atoms with van der Waals surface area (Å²) in [6.07, 6.45) is 5.16. The van der Waals surface area contributed by atoms with E-state index >= 15 is 0 Å². The molecule has 0 radical (unpaired) electrons. The summed E-state index contributed by atoms with van der Waals surface area (Å²) < 4.78 is 15.1. The van der Waals surface area contributed by atoms with Crippen molar-refractivity contribution in [1.29, 1.82) is 0 Å². The number of halogens is 1. The monoisotopic (exact) mass is 360 g/mol. The van der Waals surface area contributed by atoms with Crippen LogP contribution in [-0.2, 0) is 0 Å². The van der Waals surface area contributed by atoms with Crippen LogP contribution in [0.4, 0.5) is 4.39 Å². The molecule has 0 saturated carbocycles. The molecule has 0 fully saturated rings. The Kier molecular flexibility index (Phi) is 4.16. The van der Waals surface area contributed by atoms with Crippen molar-refractivity contribution in [2.45, 2.75) is 0 Å². The number of aromatic nitrogens is 3. The normalized spacial score (nSPS) is 10.9. The molecule has 1 aromatic carbocycles. The first-order chi connectivity index (χ1) is 13.0. The van der Waals surface area contributed by atoms with Crippen LogP contribution < -0.4 is 0 Å². The molecule has 0 aliphatic rings. The highest BCUT2D eigenvalue weighted by molar-refractivity contribution is 5.96. The fraction of sp³-hybridized carbons (Fsp3) is 0.0952. The molecule has 27 heavy (non-hydrogen) atoms. The first-order valence-electron chi connectivity index (χ1n) is 8.45. The number of hydrogen-bond donors (Lipinski definition) is 0. The Labute approximate surface area is 155 Å². The lowest BCUT2D eigenvalue weighted by atomic mass is 10.0. The lowest BCUT2D eigenvalue weighted by Crippen LogP contribution is -2.21. The quantitative estimate of drug-likeness (QED) is 0.557. The second kappa shape index (κ2) is 6.64. The molecule has 0 bridgehead atoms. The van der Waals surface area contributed by atoms with Gasteiger partial charge in [0.15, 0.2) is 0 Å². The van der Waals surface area contributed by atoms with Gasteiger partial charge in [0.25, 0.3) is 5.91 Å². The van der Waals surface area contributed by atoms with Crippen LogP contribution >= 0.6 is 0 Å². The Bertz CT molecular complexity index is 1120. The Morgan fingerprint density at radius 1 is 0.963 bits per heavy atom. The summed E-state index contributed by atoms with van der Waals surface area (Å²) in [5, 5.41) is 4.69. The molecule has 4 aromatic rings. The highest BCUT2D eigenvalue weighted by atomic mass is 19.1. The van der Waals surface area contributed by atoms with Crippen molar-refractivity contribution in [3.05, 3.63) is 78.5 Å². The summed E-state index contributed by atoms with van der Waals surface area (Å²) in [5.74, 6) is -0.395. The van der Waals surface area contributed by atoms with Crippen molar-refractivity contribution >= 4 is 11.4 Å². The fourth-order valence-electron chi connectivity index (χ4n) is 3.05. The number of fused-ring (bicyclic) bond motifs is 1. The third-order valence-electron chi connectivity index (χ3n) is 4.37. The molecule has 5 nitrogen and oxygen atoms in total. The Morgan fingerprint density at radius 2 is 1.67 bits per heavy atom. The van der Waals surface area contributed by atoms with Gasteiger partial charge in [-0.1, -0.05) is 0 Å². The van der Waals surface area contributed by atoms with Gasteiger partial charge in [0.2, 0.25) is 0 Å². The SMILES string of the molecule is CN(C)C(=O)c1ccc2c(-c3ccncc3)c(-c3ccc(F)cc3)nn2c1. The second-order valence-corrected chi connectivity index (χ2v) is 6.41. The van der Waals surface area contributed by atoms with E-state index in [0.29, 0.717) is 5.56 Å². The highest BCUT2D eigenvalue weighted by Gasteiger charge is 2.18. The number of pyridine rings is 2. The summed E-state index contributed by atoms with van der Waals surface area (Å²) >= 11 is 0. The summed E-state index contributed by atoms with van der Waals surface area (Å²) in [5.41, 5.74) is 4.78. The first-order valence-corrected chi connectivity index (χ1v) is 8.45. The van der Waals surface area contributed by atoms with E-state index in [-0.39, 0.29) is 11.7 Å². The van der Waals surface area contributed by atoms with Crippen molar-refractivity contribution in [1.82, 2.24) is 19.5 Å². The average Bonchev–Trinajstić information content (AvgIpc) is 3.07. The van der Waals surface area contributed by atoms with Crippen molar-refractivity contribution in [3.8, 4) is 22.4 Å². The minimum Gasteiger partial charge on any atom is -0.345 e. The van der Waals surface area contributed by atoms with E-state index in [2.05, 4.69) is 4.98 Å². The molecule has 0 saturated heterocycles. The zero-order valence-corrected chi connectivity index (χ0v) is 14.9. The molecule has 0 spiro atoms. The van der Waals surface area contributed by atoms with Crippen LogP contribution in [-0.4, -0.2) is 39.5 Å². The number of amides is 1. The van der Waals surface area contributed by atoms with Gasteiger partial charge in [-0.3, -0.25) is 9.78 Å².